The van der Waals surface area contributed by atoms with Crippen LogP contribution in [0, 0.1) is 0 Å². The molecule has 14 heteroatoms. The zero-order chi connectivity index (χ0) is 37.8. The van der Waals surface area contributed by atoms with Gasteiger partial charge in [0.15, 0.2) is 0 Å². The van der Waals surface area contributed by atoms with Gasteiger partial charge in [-0.15, -0.1) is 0 Å². The number of carbonyl (C=O) groups is 1. The molecule has 1 aliphatic heterocycles. The number of halogens is 6. The van der Waals surface area contributed by atoms with E-state index in [9.17, 15) is 51.6 Å². The summed E-state index contributed by atoms with van der Waals surface area (Å²) in [5.41, 5.74) is -4.13. The summed E-state index contributed by atoms with van der Waals surface area (Å²) in [6, 6.07) is 23.4. The maximum Gasteiger partial charge on any atom is 0.430 e. The number of amides is 2. The molecule has 0 bridgehead atoms. The standard InChI is InChI=1S/C38H38F6N2O6/c1-52-32-20-29(36(51,37(39,40)41)38(42,43)44)17-16-28(32)22-46-31(19-25-10-6-3-7-11-25)34(49)33(48)30(18-24-8-4-2-5-9-24)45(35(46)50)21-26-12-14-27(23-47)15-13-26/h2-17,20,30-31,33-34,47-49,51H,18-19,21-23H2,1H3/t30-,31-,33+,34+/m1/s1. The molecule has 0 radical (unpaired) electrons. The highest BCUT2D eigenvalue weighted by molar-refractivity contribution is 5.76. The van der Waals surface area contributed by atoms with E-state index < -0.39 is 66.1 Å². The number of ether oxygens (including phenoxy) is 1. The number of aliphatic hydroxyl groups is 4. The number of hydrogen-bond donors (Lipinski definition) is 4. The second-order valence-corrected chi connectivity index (χ2v) is 12.7. The number of carbonyl (C=O) groups excluding carboxylic acids is 1. The Morgan fingerprint density at radius 2 is 1.12 bits per heavy atom. The lowest BCUT2D eigenvalue weighted by molar-refractivity contribution is -0.376. The van der Waals surface area contributed by atoms with Crippen molar-refractivity contribution in [1.82, 2.24) is 9.80 Å². The average molecular weight is 733 g/mol. The first-order chi connectivity index (χ1) is 24.6. The van der Waals surface area contributed by atoms with Crippen LogP contribution in [0.1, 0.15) is 33.4 Å². The molecule has 0 aliphatic carbocycles. The van der Waals surface area contributed by atoms with Crippen LogP contribution in [0.3, 0.4) is 0 Å². The molecular weight excluding hydrogens is 694 g/mol. The minimum atomic E-state index is -6.14. The number of benzene rings is 4. The molecule has 0 unspecified atom stereocenters. The van der Waals surface area contributed by atoms with E-state index in [1.165, 1.54) is 9.80 Å². The molecule has 1 aliphatic rings. The number of methoxy groups -OCH3 is 1. The Morgan fingerprint density at radius 3 is 1.56 bits per heavy atom. The first-order valence-corrected chi connectivity index (χ1v) is 16.3. The van der Waals surface area contributed by atoms with Gasteiger partial charge in [0, 0.05) is 17.7 Å². The zero-order valence-electron chi connectivity index (χ0n) is 27.9. The molecule has 8 nitrogen and oxygen atoms in total. The van der Waals surface area contributed by atoms with Crippen molar-refractivity contribution < 1.29 is 56.3 Å². The van der Waals surface area contributed by atoms with Crippen LogP contribution in [0.25, 0.3) is 0 Å². The maximum absolute atomic E-state index is 14.9. The van der Waals surface area contributed by atoms with Gasteiger partial charge in [0.2, 0.25) is 0 Å². The van der Waals surface area contributed by atoms with E-state index in [1.54, 1.807) is 84.9 Å². The van der Waals surface area contributed by atoms with E-state index in [-0.39, 0.29) is 31.6 Å². The molecule has 2 amide bonds. The van der Waals surface area contributed by atoms with Crippen molar-refractivity contribution in [3.63, 3.8) is 0 Å². The van der Waals surface area contributed by atoms with Crippen molar-refractivity contribution in [3.8, 4) is 5.75 Å². The van der Waals surface area contributed by atoms with E-state index in [2.05, 4.69) is 0 Å². The van der Waals surface area contributed by atoms with Crippen molar-refractivity contribution in [2.24, 2.45) is 0 Å². The molecule has 52 heavy (non-hydrogen) atoms. The van der Waals surface area contributed by atoms with Crippen LogP contribution in [0.2, 0.25) is 0 Å². The Labute approximate surface area is 296 Å². The van der Waals surface area contributed by atoms with Gasteiger partial charge in [-0.2, -0.15) is 26.3 Å². The lowest BCUT2D eigenvalue weighted by Gasteiger charge is -2.36. The van der Waals surface area contributed by atoms with Crippen LogP contribution >= 0.6 is 0 Å². The van der Waals surface area contributed by atoms with Gasteiger partial charge in [0.05, 0.1) is 32.3 Å². The quantitative estimate of drug-likeness (QED) is 0.143. The number of urea groups is 1. The third-order valence-corrected chi connectivity index (χ3v) is 9.43. The minimum absolute atomic E-state index is 0.0181. The molecule has 4 aromatic rings. The van der Waals surface area contributed by atoms with E-state index in [0.29, 0.717) is 28.8 Å². The summed E-state index contributed by atoms with van der Waals surface area (Å²) < 4.78 is 87.8. The molecule has 5 rings (SSSR count). The zero-order valence-corrected chi connectivity index (χ0v) is 27.9. The third kappa shape index (κ3) is 7.89. The smallest absolute Gasteiger partial charge is 0.430 e. The summed E-state index contributed by atoms with van der Waals surface area (Å²) in [5.74, 6) is -0.484. The third-order valence-electron chi connectivity index (χ3n) is 9.43. The molecule has 4 aromatic carbocycles. The van der Waals surface area contributed by atoms with E-state index in [0.717, 1.165) is 18.7 Å². The second kappa shape index (κ2) is 15.5. The number of aliphatic hydroxyl groups excluding tert-OH is 3. The van der Waals surface area contributed by atoms with Crippen LogP contribution in [0.15, 0.2) is 103 Å². The fourth-order valence-corrected chi connectivity index (χ4v) is 6.53. The Morgan fingerprint density at radius 1 is 0.654 bits per heavy atom. The van der Waals surface area contributed by atoms with E-state index >= 15 is 0 Å². The fraction of sp³-hybridized carbons (Fsp3) is 0.342. The lowest BCUT2D eigenvalue weighted by Crippen LogP contribution is -2.54. The van der Waals surface area contributed by atoms with Crippen molar-refractivity contribution in [3.05, 3.63) is 137 Å². The number of alkyl halides is 6. The predicted molar refractivity (Wildman–Crippen MR) is 178 cm³/mol. The van der Waals surface area contributed by atoms with Crippen LogP contribution in [0.4, 0.5) is 31.1 Å². The highest BCUT2D eigenvalue weighted by Gasteiger charge is 2.71. The monoisotopic (exact) mass is 732 g/mol. The van der Waals surface area contributed by atoms with Gasteiger partial charge in [0.25, 0.3) is 5.60 Å². The molecule has 0 spiro atoms. The average Bonchev–Trinajstić information content (AvgIpc) is 3.18. The Balaban J connectivity index is 1.63. The van der Waals surface area contributed by atoms with Crippen LogP contribution in [-0.4, -0.2) is 80.0 Å². The van der Waals surface area contributed by atoms with Crippen molar-refractivity contribution in [2.45, 2.75) is 74.8 Å². The normalized spacial score (nSPS) is 20.2. The molecule has 4 atom stereocenters. The van der Waals surface area contributed by atoms with Gasteiger partial charge >= 0.3 is 18.4 Å². The van der Waals surface area contributed by atoms with Gasteiger partial charge in [-0.1, -0.05) is 97.1 Å². The summed E-state index contributed by atoms with van der Waals surface area (Å²) >= 11 is 0. The molecule has 1 saturated heterocycles. The summed E-state index contributed by atoms with van der Waals surface area (Å²) in [7, 11) is 1.02. The number of nitrogens with zero attached hydrogens (tertiary/aromatic N) is 2. The molecule has 0 aromatic heterocycles. The van der Waals surface area contributed by atoms with Gasteiger partial charge in [-0.05, 0) is 41.2 Å². The SMILES string of the molecule is COc1cc(C(O)(C(F)(F)F)C(F)(F)F)ccc1CN1C(=O)N(Cc2ccc(CO)cc2)[C@H](Cc2ccccc2)[C@H](O)[C@@H](O)[C@H]1Cc1ccccc1. The highest BCUT2D eigenvalue weighted by atomic mass is 19.4. The van der Waals surface area contributed by atoms with Crippen LogP contribution in [0.5, 0.6) is 5.75 Å². The summed E-state index contributed by atoms with van der Waals surface area (Å²) in [5, 5.41) is 43.3. The van der Waals surface area contributed by atoms with Crippen molar-refractivity contribution in [2.75, 3.05) is 7.11 Å². The van der Waals surface area contributed by atoms with E-state index in [4.69, 9.17) is 4.74 Å². The van der Waals surface area contributed by atoms with Crippen LogP contribution < -0.4 is 4.74 Å². The van der Waals surface area contributed by atoms with Gasteiger partial charge < -0.3 is 35.0 Å². The number of hydrogen-bond acceptors (Lipinski definition) is 6. The Bertz CT molecular complexity index is 1780. The maximum atomic E-state index is 14.9. The van der Waals surface area contributed by atoms with Crippen molar-refractivity contribution >= 4 is 6.03 Å². The molecule has 278 valence electrons. The fourth-order valence-electron chi connectivity index (χ4n) is 6.53. The molecular formula is C38H38F6N2O6. The second-order valence-electron chi connectivity index (χ2n) is 12.7. The summed E-state index contributed by atoms with van der Waals surface area (Å²) in [6.07, 6.45) is -15.2. The van der Waals surface area contributed by atoms with Gasteiger partial charge in [0.1, 0.15) is 18.0 Å². The largest absolute Gasteiger partial charge is 0.496 e. The molecule has 1 heterocycles. The molecule has 0 saturated carbocycles. The first-order valence-electron chi connectivity index (χ1n) is 16.3. The number of rotatable bonds is 11. The topological polar surface area (TPSA) is 114 Å². The Hall–Kier alpha value is -4.63. The minimum Gasteiger partial charge on any atom is -0.496 e. The Kier molecular flexibility index (Phi) is 11.5. The van der Waals surface area contributed by atoms with Gasteiger partial charge in [-0.3, -0.25) is 0 Å². The van der Waals surface area contributed by atoms with Crippen molar-refractivity contribution in [1.29, 1.82) is 0 Å². The summed E-state index contributed by atoms with van der Waals surface area (Å²) in [6.45, 7) is -0.762. The predicted octanol–water partition coefficient (Wildman–Crippen LogP) is 5.88. The summed E-state index contributed by atoms with van der Waals surface area (Å²) in [4.78, 5) is 17.5. The highest BCUT2D eigenvalue weighted by Crippen LogP contribution is 2.51. The van der Waals surface area contributed by atoms with Crippen LogP contribution in [-0.2, 0) is 38.1 Å². The molecule has 4 N–H and O–H groups in total. The van der Waals surface area contributed by atoms with Gasteiger partial charge in [-0.25, -0.2) is 4.79 Å². The lowest BCUT2D eigenvalue weighted by atomic mass is 9.90. The van der Waals surface area contributed by atoms with E-state index in [1.807, 2.05) is 0 Å². The molecule has 1 fully saturated rings. The first kappa shape index (κ1) is 38.6.